The smallest absolute Gasteiger partial charge is 0.338 e. The molecule has 11 atom stereocenters. The molecule has 14 heteroatoms. The summed E-state index contributed by atoms with van der Waals surface area (Å²) < 4.78 is 28.1. The lowest BCUT2D eigenvalue weighted by Gasteiger charge is -2.60. The van der Waals surface area contributed by atoms with Crippen molar-refractivity contribution in [3.63, 3.8) is 0 Å². The maximum atomic E-state index is 14.6. The molecule has 0 aromatic carbocycles. The van der Waals surface area contributed by atoms with Gasteiger partial charge in [0, 0.05) is 39.0 Å². The topological polar surface area (TPSA) is 209 Å². The van der Waals surface area contributed by atoms with Gasteiger partial charge >= 0.3 is 29.8 Å². The van der Waals surface area contributed by atoms with E-state index in [9.17, 15) is 44.1 Å². The SMILES string of the molecule is COC(=O)/C(C)=C1\C(=O)[C@H](O)[C@]2(C)C3=C(C(O)=C4[C@]5(OC(=O)C6=C5CC5[C@](O)(COC(=O)/C(C)=C/COC(=O)CCC(=O)OC6)[C@H]6C[C@H]6[C@]45C)C31)[C@H]1C[C@H]12. The molecular weight excluding hydrogens is 704 g/mol. The molecule has 2 unspecified atom stereocenters. The van der Waals surface area contributed by atoms with Gasteiger partial charge in [0.25, 0.3) is 0 Å². The van der Waals surface area contributed by atoms with Crippen LogP contribution in [0.1, 0.15) is 59.8 Å². The molecule has 5 fully saturated rings. The van der Waals surface area contributed by atoms with E-state index in [0.29, 0.717) is 24.0 Å². The number of carbonyl (C=O) groups excluding carboxylic acids is 6. The number of ketones is 1. The summed E-state index contributed by atoms with van der Waals surface area (Å²) in [6.07, 6.45) is 0.151. The number of hydrogen-bond acceptors (Lipinski definition) is 14. The van der Waals surface area contributed by atoms with Gasteiger partial charge in [0.05, 0.1) is 31.4 Å². The van der Waals surface area contributed by atoms with Crippen molar-refractivity contribution in [2.45, 2.75) is 77.1 Å². The van der Waals surface area contributed by atoms with Crippen LogP contribution in [0.3, 0.4) is 0 Å². The van der Waals surface area contributed by atoms with Crippen LogP contribution in [0.25, 0.3) is 0 Å². The fraction of sp³-hybridized carbons (Fsp3) is 0.600. The van der Waals surface area contributed by atoms with Crippen molar-refractivity contribution in [2.24, 2.45) is 46.3 Å². The van der Waals surface area contributed by atoms with Gasteiger partial charge < -0.3 is 39.0 Å². The fourth-order valence-electron chi connectivity index (χ4n) is 12.1. The van der Waals surface area contributed by atoms with E-state index in [4.69, 9.17) is 23.7 Å². The fourth-order valence-corrected chi connectivity index (χ4v) is 12.1. The molecule has 14 nitrogen and oxygen atoms in total. The van der Waals surface area contributed by atoms with E-state index in [1.807, 2.05) is 6.92 Å². The molecule has 2 heterocycles. The number of aliphatic hydroxyl groups excluding tert-OH is 2. The highest BCUT2D eigenvalue weighted by atomic mass is 16.6. The van der Waals surface area contributed by atoms with E-state index in [1.165, 1.54) is 27.0 Å². The average molecular weight is 747 g/mol. The Morgan fingerprint density at radius 3 is 2.35 bits per heavy atom. The predicted octanol–water partition coefficient (Wildman–Crippen LogP) is 2.18. The van der Waals surface area contributed by atoms with Gasteiger partial charge in [-0.05, 0) is 79.6 Å². The summed E-state index contributed by atoms with van der Waals surface area (Å²) in [6.45, 7) is 5.35. The number of carbonyl (C=O) groups is 6. The molecule has 0 aromatic heterocycles. The summed E-state index contributed by atoms with van der Waals surface area (Å²) in [5.74, 6) is -7.81. The molecule has 5 saturated carbocycles. The van der Waals surface area contributed by atoms with Crippen LogP contribution >= 0.6 is 0 Å². The minimum atomic E-state index is -1.91. The van der Waals surface area contributed by atoms with E-state index < -0.39 is 88.8 Å². The highest BCUT2D eigenvalue weighted by Crippen LogP contribution is 2.82. The van der Waals surface area contributed by atoms with Gasteiger partial charge in [-0.3, -0.25) is 14.4 Å². The Kier molecular flexibility index (Phi) is 7.18. The first-order chi connectivity index (χ1) is 25.5. The Hall–Kier alpha value is -4.56. The van der Waals surface area contributed by atoms with Gasteiger partial charge in [-0.25, -0.2) is 14.4 Å². The van der Waals surface area contributed by atoms with Crippen LogP contribution in [-0.4, -0.2) is 95.2 Å². The number of aliphatic hydroxyl groups is 3. The molecule has 286 valence electrons. The molecule has 2 aliphatic heterocycles. The van der Waals surface area contributed by atoms with Gasteiger partial charge in [-0.1, -0.05) is 13.8 Å². The van der Waals surface area contributed by atoms with Crippen molar-refractivity contribution in [3.05, 3.63) is 56.4 Å². The van der Waals surface area contributed by atoms with Gasteiger partial charge in [-0.15, -0.1) is 0 Å². The number of hydrogen-bond donors (Lipinski definition) is 3. The molecule has 54 heavy (non-hydrogen) atoms. The van der Waals surface area contributed by atoms with Gasteiger partial charge in [-0.2, -0.15) is 0 Å². The van der Waals surface area contributed by atoms with Crippen LogP contribution < -0.4 is 0 Å². The first-order valence-corrected chi connectivity index (χ1v) is 18.5. The molecule has 7 aliphatic carbocycles. The third-order valence-corrected chi connectivity index (χ3v) is 14.7. The van der Waals surface area contributed by atoms with Crippen molar-refractivity contribution in [3.8, 4) is 0 Å². The standard InChI is InChI=1S/C40H42O14/c1-15-8-9-51-24(41)6-7-25(42)52-13-18-20-12-23-37(3,21-11-22(21)39(23,49)14-53-34(15)46)32-30(43)27-17-10-19(17)38(4)28(27)29(40(20,32)54-36(18)48)26(31(44)33(38)45)16(2)35(47)50-5/h8,17,19,21-23,29,33,43,45,49H,6-7,9-14H2,1-5H3/b15-8+,26-16-/t17-,19+,21+,22-,23?,29?,33-,37-,38-,39-,40+/m0/s1. The maximum absolute atomic E-state index is 14.6. The van der Waals surface area contributed by atoms with Gasteiger partial charge in [0.15, 0.2) is 11.4 Å². The van der Waals surface area contributed by atoms with Crippen LogP contribution in [-0.2, 0) is 52.5 Å². The lowest BCUT2D eigenvalue weighted by atomic mass is 9.45. The van der Waals surface area contributed by atoms with E-state index in [1.54, 1.807) is 6.92 Å². The molecular formula is C40H42O14. The van der Waals surface area contributed by atoms with E-state index >= 15 is 0 Å². The zero-order valence-electron chi connectivity index (χ0n) is 30.6. The van der Waals surface area contributed by atoms with Crippen molar-refractivity contribution in [1.29, 1.82) is 0 Å². The number of rotatable bonds is 1. The van der Waals surface area contributed by atoms with Gasteiger partial charge in [0.1, 0.15) is 37.3 Å². The van der Waals surface area contributed by atoms with Crippen LogP contribution in [0.2, 0.25) is 0 Å². The predicted molar refractivity (Wildman–Crippen MR) is 180 cm³/mol. The van der Waals surface area contributed by atoms with Crippen LogP contribution in [0, 0.1) is 46.3 Å². The Morgan fingerprint density at radius 1 is 0.944 bits per heavy atom. The van der Waals surface area contributed by atoms with Crippen LogP contribution in [0.4, 0.5) is 0 Å². The number of cyclic esters (lactones) is 3. The Bertz CT molecular complexity index is 2080. The third-order valence-electron chi connectivity index (χ3n) is 14.7. The number of esters is 5. The largest absolute Gasteiger partial charge is 0.508 e. The number of ether oxygens (including phenoxy) is 5. The van der Waals surface area contributed by atoms with Crippen molar-refractivity contribution in [1.82, 2.24) is 0 Å². The Morgan fingerprint density at radius 2 is 1.65 bits per heavy atom. The Labute approximate surface area is 309 Å². The van der Waals surface area contributed by atoms with Crippen LogP contribution in [0.15, 0.2) is 56.4 Å². The number of fused-ring (bicyclic) bond motifs is 7. The molecule has 3 N–H and O–H groups in total. The lowest BCUT2D eigenvalue weighted by Crippen LogP contribution is -2.64. The quantitative estimate of drug-likeness (QED) is 0.200. The molecule has 2 bridgehead atoms. The molecule has 9 rings (SSSR count). The highest BCUT2D eigenvalue weighted by molar-refractivity contribution is 6.10. The Balaban J connectivity index is 1.31. The summed E-state index contributed by atoms with van der Waals surface area (Å²) >= 11 is 0. The van der Waals surface area contributed by atoms with E-state index in [2.05, 4.69) is 0 Å². The second-order valence-corrected chi connectivity index (χ2v) is 16.9. The molecule has 9 aliphatic rings. The molecule has 0 saturated heterocycles. The second-order valence-electron chi connectivity index (χ2n) is 16.9. The molecule has 0 amide bonds. The normalized spacial score (nSPS) is 45.4. The summed E-state index contributed by atoms with van der Waals surface area (Å²) in [7, 11) is 1.17. The highest BCUT2D eigenvalue weighted by Gasteiger charge is 2.83. The number of allylic oxidation sites excluding steroid dienone is 1. The van der Waals surface area contributed by atoms with Crippen LogP contribution in [0.5, 0.6) is 0 Å². The summed E-state index contributed by atoms with van der Waals surface area (Å²) in [4.78, 5) is 80.8. The van der Waals surface area contributed by atoms with Gasteiger partial charge in [0.2, 0.25) is 0 Å². The molecule has 0 aromatic rings. The summed E-state index contributed by atoms with van der Waals surface area (Å²) in [5.41, 5.74) is -4.31. The zero-order chi connectivity index (χ0) is 38.6. The van der Waals surface area contributed by atoms with E-state index in [0.717, 1.165) is 0 Å². The van der Waals surface area contributed by atoms with Crippen molar-refractivity contribution < 1.29 is 67.8 Å². The summed E-state index contributed by atoms with van der Waals surface area (Å²) in [6, 6.07) is 0. The first kappa shape index (κ1) is 35.2. The summed E-state index contributed by atoms with van der Waals surface area (Å²) in [5, 5.41) is 37.4. The van der Waals surface area contributed by atoms with Crippen molar-refractivity contribution in [2.75, 3.05) is 26.9 Å². The lowest BCUT2D eigenvalue weighted by molar-refractivity contribution is -0.161. The molecule has 1 spiro atoms. The molecule has 0 radical (unpaired) electrons. The maximum Gasteiger partial charge on any atom is 0.338 e. The zero-order valence-corrected chi connectivity index (χ0v) is 30.6. The monoisotopic (exact) mass is 746 g/mol. The third kappa shape index (κ3) is 4.08. The number of Topliss-reactive ketones (excluding diaryl/α,β-unsaturated/α-hetero) is 1. The minimum absolute atomic E-state index is 0.0436. The average Bonchev–Trinajstić information content (AvgIpc) is 4.05. The van der Waals surface area contributed by atoms with Crippen molar-refractivity contribution >= 4 is 35.6 Å². The number of methoxy groups -OCH3 is 1. The van der Waals surface area contributed by atoms with E-state index in [-0.39, 0.29) is 88.7 Å². The first-order valence-electron chi connectivity index (χ1n) is 18.5. The minimum Gasteiger partial charge on any atom is -0.508 e. The second kappa shape index (κ2) is 11.0.